The van der Waals surface area contributed by atoms with Crippen LogP contribution in [0.1, 0.15) is 33.1 Å². The standard InChI is InChI=1S/C16H24FN3O/c1-16(2)6-9-20(10-7-16)8-5-15(21)19-14-11-12(18)3-4-13(14)17/h3-4,11H,5-10,18H2,1-2H3,(H,19,21). The van der Waals surface area contributed by atoms with Crippen molar-refractivity contribution in [3.05, 3.63) is 24.0 Å². The van der Waals surface area contributed by atoms with E-state index in [9.17, 15) is 9.18 Å². The van der Waals surface area contributed by atoms with Gasteiger partial charge in [0.05, 0.1) is 5.69 Å². The van der Waals surface area contributed by atoms with E-state index in [-0.39, 0.29) is 11.6 Å². The zero-order valence-electron chi connectivity index (χ0n) is 12.8. The smallest absolute Gasteiger partial charge is 0.225 e. The highest BCUT2D eigenvalue weighted by molar-refractivity contribution is 5.91. The van der Waals surface area contributed by atoms with Gasteiger partial charge in [0, 0.05) is 18.7 Å². The van der Waals surface area contributed by atoms with E-state index in [0.29, 0.717) is 24.1 Å². The summed E-state index contributed by atoms with van der Waals surface area (Å²) in [6.45, 7) is 7.31. The number of likely N-dealkylation sites (tertiary alicyclic amines) is 1. The lowest BCUT2D eigenvalue weighted by molar-refractivity contribution is -0.116. The van der Waals surface area contributed by atoms with Crippen LogP contribution in [-0.2, 0) is 4.79 Å². The minimum absolute atomic E-state index is 0.153. The number of anilines is 2. The van der Waals surface area contributed by atoms with E-state index in [4.69, 9.17) is 5.73 Å². The van der Waals surface area contributed by atoms with Crippen molar-refractivity contribution < 1.29 is 9.18 Å². The number of benzene rings is 1. The quantitative estimate of drug-likeness (QED) is 0.839. The Morgan fingerprint density at radius 2 is 2.05 bits per heavy atom. The molecule has 1 aromatic carbocycles. The second-order valence-corrected chi connectivity index (χ2v) is 6.54. The highest BCUT2D eigenvalue weighted by atomic mass is 19.1. The zero-order chi connectivity index (χ0) is 15.5. The van der Waals surface area contributed by atoms with Crippen molar-refractivity contribution in [2.45, 2.75) is 33.1 Å². The molecule has 1 aliphatic rings. The molecule has 0 aromatic heterocycles. The van der Waals surface area contributed by atoms with Crippen molar-refractivity contribution in [2.24, 2.45) is 5.41 Å². The van der Waals surface area contributed by atoms with E-state index in [0.717, 1.165) is 25.9 Å². The molecule has 0 atom stereocenters. The maximum absolute atomic E-state index is 13.5. The van der Waals surface area contributed by atoms with Gasteiger partial charge >= 0.3 is 0 Å². The molecule has 0 radical (unpaired) electrons. The van der Waals surface area contributed by atoms with Crippen LogP contribution in [-0.4, -0.2) is 30.4 Å². The number of nitrogens with one attached hydrogen (secondary N) is 1. The molecule has 1 fully saturated rings. The number of nitrogens with two attached hydrogens (primary N) is 1. The fourth-order valence-corrected chi connectivity index (χ4v) is 2.49. The molecule has 116 valence electrons. The number of halogens is 1. The molecule has 0 unspecified atom stereocenters. The van der Waals surface area contributed by atoms with Gasteiger partial charge in [0.25, 0.3) is 0 Å². The summed E-state index contributed by atoms with van der Waals surface area (Å²) in [6.07, 6.45) is 2.67. The Hall–Kier alpha value is -1.62. The Bertz CT molecular complexity index is 506. The molecular weight excluding hydrogens is 269 g/mol. The van der Waals surface area contributed by atoms with E-state index in [1.165, 1.54) is 18.2 Å². The van der Waals surface area contributed by atoms with Crippen LogP contribution in [0.4, 0.5) is 15.8 Å². The molecule has 21 heavy (non-hydrogen) atoms. The van der Waals surface area contributed by atoms with Gasteiger partial charge < -0.3 is 16.0 Å². The maximum atomic E-state index is 13.5. The summed E-state index contributed by atoms with van der Waals surface area (Å²) in [5, 5.41) is 2.59. The predicted molar refractivity (Wildman–Crippen MR) is 83.5 cm³/mol. The first-order valence-corrected chi connectivity index (χ1v) is 7.43. The summed E-state index contributed by atoms with van der Waals surface area (Å²) in [5.41, 5.74) is 6.59. The highest BCUT2D eigenvalue weighted by Gasteiger charge is 2.25. The third kappa shape index (κ3) is 4.70. The Balaban J connectivity index is 1.79. The summed E-state index contributed by atoms with van der Waals surface area (Å²) in [5.74, 6) is -0.637. The van der Waals surface area contributed by atoms with Gasteiger partial charge in [-0.1, -0.05) is 13.8 Å². The average molecular weight is 293 g/mol. The number of piperidine rings is 1. The lowest BCUT2D eigenvalue weighted by Gasteiger charge is -2.36. The summed E-state index contributed by atoms with van der Waals surface area (Å²) < 4.78 is 13.5. The van der Waals surface area contributed by atoms with E-state index < -0.39 is 5.82 Å². The topological polar surface area (TPSA) is 58.4 Å². The van der Waals surface area contributed by atoms with Gasteiger partial charge in [0.1, 0.15) is 5.82 Å². The first kappa shape index (κ1) is 15.8. The fraction of sp³-hybridized carbons (Fsp3) is 0.562. The molecule has 3 N–H and O–H groups in total. The molecule has 1 aromatic rings. The van der Waals surface area contributed by atoms with Crippen molar-refractivity contribution >= 4 is 17.3 Å². The van der Waals surface area contributed by atoms with Crippen LogP contribution in [0.15, 0.2) is 18.2 Å². The van der Waals surface area contributed by atoms with Gasteiger partial charge in [-0.3, -0.25) is 4.79 Å². The molecule has 1 aliphatic heterocycles. The van der Waals surface area contributed by atoms with Crippen molar-refractivity contribution in [3.8, 4) is 0 Å². The summed E-state index contributed by atoms with van der Waals surface area (Å²) >= 11 is 0. The van der Waals surface area contributed by atoms with Crippen LogP contribution in [0.2, 0.25) is 0 Å². The second kappa shape index (κ2) is 6.43. The van der Waals surface area contributed by atoms with Gasteiger partial charge in [-0.15, -0.1) is 0 Å². The molecule has 0 saturated carbocycles. The highest BCUT2D eigenvalue weighted by Crippen LogP contribution is 2.29. The first-order valence-electron chi connectivity index (χ1n) is 7.43. The van der Waals surface area contributed by atoms with Crippen molar-refractivity contribution in [1.29, 1.82) is 0 Å². The Morgan fingerprint density at radius 1 is 1.38 bits per heavy atom. The number of carbonyl (C=O) groups excluding carboxylic acids is 1. The minimum atomic E-state index is -0.461. The first-order chi connectivity index (χ1) is 9.85. The lowest BCUT2D eigenvalue weighted by atomic mass is 9.83. The second-order valence-electron chi connectivity index (χ2n) is 6.54. The van der Waals surface area contributed by atoms with E-state index in [2.05, 4.69) is 24.1 Å². The molecule has 2 rings (SSSR count). The normalized spacial score (nSPS) is 18.4. The number of nitrogens with zero attached hydrogens (tertiary/aromatic N) is 1. The summed E-state index contributed by atoms with van der Waals surface area (Å²) in [7, 11) is 0. The van der Waals surface area contributed by atoms with Gasteiger partial charge in [0.2, 0.25) is 5.91 Å². The molecule has 1 heterocycles. The maximum Gasteiger partial charge on any atom is 0.225 e. The Kier molecular flexibility index (Phi) is 4.83. The van der Waals surface area contributed by atoms with Crippen molar-refractivity contribution in [2.75, 3.05) is 30.7 Å². The van der Waals surface area contributed by atoms with Crippen LogP contribution in [0.3, 0.4) is 0 Å². The third-order valence-corrected chi connectivity index (χ3v) is 4.13. The summed E-state index contributed by atoms with van der Waals surface area (Å²) in [4.78, 5) is 14.2. The molecule has 0 bridgehead atoms. The molecule has 5 heteroatoms. The lowest BCUT2D eigenvalue weighted by Crippen LogP contribution is -2.38. The fourth-order valence-electron chi connectivity index (χ4n) is 2.49. The number of amides is 1. The SMILES string of the molecule is CC1(C)CCN(CCC(=O)Nc2cc(N)ccc2F)CC1. The molecule has 4 nitrogen and oxygen atoms in total. The van der Waals surface area contributed by atoms with Crippen molar-refractivity contribution in [3.63, 3.8) is 0 Å². The zero-order valence-corrected chi connectivity index (χ0v) is 12.8. The number of nitrogen functional groups attached to an aromatic ring is 1. The predicted octanol–water partition coefficient (Wildman–Crippen LogP) is 2.86. The molecule has 1 saturated heterocycles. The third-order valence-electron chi connectivity index (χ3n) is 4.13. The molecule has 0 aliphatic carbocycles. The average Bonchev–Trinajstić information content (AvgIpc) is 2.42. The molecule has 0 spiro atoms. The van der Waals surface area contributed by atoms with Crippen LogP contribution >= 0.6 is 0 Å². The monoisotopic (exact) mass is 293 g/mol. The number of rotatable bonds is 4. The number of hydrogen-bond acceptors (Lipinski definition) is 3. The van der Waals surface area contributed by atoms with Gasteiger partial charge in [-0.05, 0) is 49.5 Å². The van der Waals surface area contributed by atoms with Gasteiger partial charge in [0.15, 0.2) is 0 Å². The van der Waals surface area contributed by atoms with Crippen LogP contribution in [0, 0.1) is 11.2 Å². The van der Waals surface area contributed by atoms with Crippen LogP contribution in [0.5, 0.6) is 0 Å². The molecule has 1 amide bonds. The molecular formula is C16H24FN3O. The Morgan fingerprint density at radius 3 is 2.71 bits per heavy atom. The van der Waals surface area contributed by atoms with Gasteiger partial charge in [-0.2, -0.15) is 0 Å². The minimum Gasteiger partial charge on any atom is -0.399 e. The van der Waals surface area contributed by atoms with E-state index >= 15 is 0 Å². The largest absolute Gasteiger partial charge is 0.399 e. The number of hydrogen-bond donors (Lipinski definition) is 2. The van der Waals surface area contributed by atoms with Gasteiger partial charge in [-0.25, -0.2) is 4.39 Å². The van der Waals surface area contributed by atoms with Crippen molar-refractivity contribution in [1.82, 2.24) is 4.90 Å². The van der Waals surface area contributed by atoms with Crippen LogP contribution in [0.25, 0.3) is 0 Å². The summed E-state index contributed by atoms with van der Waals surface area (Å²) in [6, 6.07) is 4.18. The van der Waals surface area contributed by atoms with Crippen LogP contribution < -0.4 is 11.1 Å². The van der Waals surface area contributed by atoms with E-state index in [1.807, 2.05) is 0 Å². The Labute approximate surface area is 125 Å². The van der Waals surface area contributed by atoms with E-state index in [1.54, 1.807) is 0 Å². The number of carbonyl (C=O) groups is 1.